The van der Waals surface area contributed by atoms with Crippen molar-refractivity contribution in [2.24, 2.45) is 0 Å². The van der Waals surface area contributed by atoms with Crippen LogP contribution in [0.1, 0.15) is 5.56 Å². The molecule has 0 radical (unpaired) electrons. The molecule has 0 saturated heterocycles. The van der Waals surface area contributed by atoms with Gasteiger partial charge in [-0.1, -0.05) is 24.3 Å². The van der Waals surface area contributed by atoms with Gasteiger partial charge in [-0.15, -0.1) is 0 Å². The monoisotopic (exact) mass is 311 g/mol. The summed E-state index contributed by atoms with van der Waals surface area (Å²) in [5, 5.41) is 2.55. The van der Waals surface area contributed by atoms with Gasteiger partial charge in [0, 0.05) is 21.5 Å². The van der Waals surface area contributed by atoms with Crippen molar-refractivity contribution in [2.75, 3.05) is 0 Å². The lowest BCUT2D eigenvalue weighted by molar-refractivity contribution is 1.30. The maximum Gasteiger partial charge on any atom is 0.197 e. The van der Waals surface area contributed by atoms with Crippen molar-refractivity contribution in [3.63, 3.8) is 0 Å². The Balaban J connectivity index is 2.36. The van der Waals surface area contributed by atoms with Crippen LogP contribution in [0.5, 0.6) is 0 Å². The summed E-state index contributed by atoms with van der Waals surface area (Å²) < 4.78 is 2.05. The Morgan fingerprint density at radius 3 is 1.62 bits per heavy atom. The molecule has 0 fully saturated rings. The first-order chi connectivity index (χ1) is 11.7. The highest BCUT2D eigenvalue weighted by Crippen LogP contribution is 2.27. The number of para-hydroxylation sites is 2. The zero-order chi connectivity index (χ0) is 16.4. The highest BCUT2D eigenvalue weighted by Gasteiger charge is 2.16. The van der Waals surface area contributed by atoms with Crippen molar-refractivity contribution in [3.05, 3.63) is 86.7 Å². The number of nitrogens with zero attached hydrogens (tertiary/aromatic N) is 1. The molecule has 2 heterocycles. The van der Waals surface area contributed by atoms with Gasteiger partial charge in [-0.05, 0) is 48.9 Å². The Morgan fingerprint density at radius 1 is 0.667 bits per heavy atom. The molecule has 0 saturated carbocycles. The van der Waals surface area contributed by atoms with Crippen molar-refractivity contribution in [3.8, 4) is 0 Å². The number of aryl methyl sites for hydroxylation is 1. The van der Waals surface area contributed by atoms with Crippen molar-refractivity contribution in [2.45, 2.75) is 6.92 Å². The molecule has 0 bridgehead atoms. The lowest BCUT2D eigenvalue weighted by atomic mass is 10.0. The molecule has 3 nitrogen and oxygen atoms in total. The van der Waals surface area contributed by atoms with E-state index in [1.807, 2.05) is 67.6 Å². The maximum absolute atomic E-state index is 13.0. The predicted molar refractivity (Wildman–Crippen MR) is 98.4 cm³/mol. The zero-order valence-corrected chi connectivity index (χ0v) is 13.0. The molecule has 0 aliphatic carbocycles. The summed E-state index contributed by atoms with van der Waals surface area (Å²) in [5.41, 5.74) is 3.26. The summed E-state index contributed by atoms with van der Waals surface area (Å²) in [6.45, 7) is 1.92. The quantitative estimate of drug-likeness (QED) is 0.322. The average molecular weight is 311 g/mol. The van der Waals surface area contributed by atoms with E-state index in [0.717, 1.165) is 16.6 Å². The van der Waals surface area contributed by atoms with Gasteiger partial charge in [0.15, 0.2) is 10.9 Å². The maximum atomic E-state index is 13.0. The third-order valence-electron chi connectivity index (χ3n) is 4.75. The van der Waals surface area contributed by atoms with E-state index >= 15 is 0 Å². The van der Waals surface area contributed by atoms with Gasteiger partial charge in [-0.3, -0.25) is 9.59 Å². The summed E-state index contributed by atoms with van der Waals surface area (Å²) in [5.74, 6) is 0. The largest absolute Gasteiger partial charge is 0.308 e. The predicted octanol–water partition coefficient (Wildman–Crippen LogP) is 3.87. The molecule has 2 aromatic heterocycles. The van der Waals surface area contributed by atoms with E-state index in [-0.39, 0.29) is 10.9 Å². The van der Waals surface area contributed by atoms with Crippen LogP contribution in [0.3, 0.4) is 0 Å². The number of benzene rings is 3. The Hall–Kier alpha value is -3.20. The van der Waals surface area contributed by atoms with E-state index in [1.54, 1.807) is 0 Å². The van der Waals surface area contributed by atoms with E-state index in [0.29, 0.717) is 27.1 Å². The lowest BCUT2D eigenvalue weighted by Gasteiger charge is -2.14. The van der Waals surface area contributed by atoms with Crippen LogP contribution in [-0.4, -0.2) is 4.40 Å². The Labute approximate surface area is 136 Å². The number of aromatic nitrogens is 1. The summed E-state index contributed by atoms with van der Waals surface area (Å²) in [4.78, 5) is 26.0. The number of pyridine rings is 2. The summed E-state index contributed by atoms with van der Waals surface area (Å²) in [7, 11) is 0. The molecule has 0 aliphatic heterocycles. The van der Waals surface area contributed by atoms with Crippen molar-refractivity contribution >= 4 is 38.1 Å². The third kappa shape index (κ3) is 1.51. The Morgan fingerprint density at radius 2 is 1.12 bits per heavy atom. The van der Waals surface area contributed by atoms with Crippen molar-refractivity contribution in [1.82, 2.24) is 4.40 Å². The fourth-order valence-electron chi connectivity index (χ4n) is 3.75. The van der Waals surface area contributed by atoms with Crippen LogP contribution < -0.4 is 10.9 Å². The van der Waals surface area contributed by atoms with Gasteiger partial charge in [0.1, 0.15) is 0 Å². The topological polar surface area (TPSA) is 38.5 Å². The molecule has 0 spiro atoms. The van der Waals surface area contributed by atoms with Crippen molar-refractivity contribution in [1.29, 1.82) is 0 Å². The summed E-state index contributed by atoms with van der Waals surface area (Å²) in [6.07, 6.45) is 0. The minimum absolute atomic E-state index is 0.0195. The van der Waals surface area contributed by atoms with Gasteiger partial charge in [0.05, 0.1) is 16.6 Å². The molecule has 0 aliphatic rings. The summed E-state index contributed by atoms with van der Waals surface area (Å²) >= 11 is 0. The first kappa shape index (κ1) is 13.3. The van der Waals surface area contributed by atoms with Crippen LogP contribution in [0, 0.1) is 6.92 Å². The second-order valence-corrected chi connectivity index (χ2v) is 6.24. The second-order valence-electron chi connectivity index (χ2n) is 6.24. The molecule has 0 amide bonds. The molecule has 3 aromatic carbocycles. The SMILES string of the molecule is Cc1cc2c(=O)c3ccccc3n3c4ccccc4c(=O)c(c1)c23. The normalized spacial score (nSPS) is 11.9. The average Bonchev–Trinajstić information content (AvgIpc) is 2.61. The van der Waals surface area contributed by atoms with Crippen LogP contribution in [0.15, 0.2) is 70.3 Å². The van der Waals surface area contributed by atoms with E-state index < -0.39 is 0 Å². The van der Waals surface area contributed by atoms with Gasteiger partial charge in [0.25, 0.3) is 0 Å². The van der Waals surface area contributed by atoms with Crippen LogP contribution in [0.4, 0.5) is 0 Å². The molecule has 0 N–H and O–H groups in total. The molecule has 24 heavy (non-hydrogen) atoms. The van der Waals surface area contributed by atoms with Crippen LogP contribution >= 0.6 is 0 Å². The standard InChI is InChI=1S/C21H13NO2/c1-12-10-15-19-16(11-12)21(24)14-7-3-5-9-18(14)22(19)17-8-4-2-6-13(17)20(15)23/h2-11H,1H3. The zero-order valence-electron chi connectivity index (χ0n) is 13.0. The highest BCUT2D eigenvalue weighted by atomic mass is 16.1. The number of fused-ring (bicyclic) bond motifs is 4. The van der Waals surface area contributed by atoms with Crippen LogP contribution in [0.25, 0.3) is 38.1 Å². The molecule has 5 aromatic rings. The van der Waals surface area contributed by atoms with Gasteiger partial charge in [-0.25, -0.2) is 0 Å². The lowest BCUT2D eigenvalue weighted by Crippen LogP contribution is -2.14. The third-order valence-corrected chi connectivity index (χ3v) is 4.75. The Bertz CT molecular complexity index is 1290. The van der Waals surface area contributed by atoms with E-state index in [9.17, 15) is 9.59 Å². The first-order valence-corrected chi connectivity index (χ1v) is 7.89. The molecule has 0 unspecified atom stereocenters. The van der Waals surface area contributed by atoms with Gasteiger partial charge in [-0.2, -0.15) is 0 Å². The van der Waals surface area contributed by atoms with E-state index in [1.165, 1.54) is 0 Å². The van der Waals surface area contributed by atoms with E-state index in [2.05, 4.69) is 4.40 Å². The van der Waals surface area contributed by atoms with Gasteiger partial charge < -0.3 is 4.40 Å². The fraction of sp³-hybridized carbons (Fsp3) is 0.0476. The minimum atomic E-state index is -0.0195. The fourth-order valence-corrected chi connectivity index (χ4v) is 3.75. The minimum Gasteiger partial charge on any atom is -0.308 e. The van der Waals surface area contributed by atoms with Crippen LogP contribution in [-0.2, 0) is 0 Å². The number of hydrogen-bond acceptors (Lipinski definition) is 2. The molecule has 0 atom stereocenters. The molecule has 114 valence electrons. The van der Waals surface area contributed by atoms with Crippen LogP contribution in [0.2, 0.25) is 0 Å². The summed E-state index contributed by atoms with van der Waals surface area (Å²) in [6, 6.07) is 18.9. The highest BCUT2D eigenvalue weighted by molar-refractivity contribution is 6.07. The Kier molecular flexibility index (Phi) is 2.44. The van der Waals surface area contributed by atoms with Gasteiger partial charge in [0.2, 0.25) is 0 Å². The molecular weight excluding hydrogens is 298 g/mol. The molecule has 3 heteroatoms. The molecular formula is C21H13NO2. The van der Waals surface area contributed by atoms with Crippen molar-refractivity contribution < 1.29 is 0 Å². The second kappa shape index (κ2) is 4.42. The smallest absolute Gasteiger partial charge is 0.197 e. The van der Waals surface area contributed by atoms with Gasteiger partial charge >= 0.3 is 0 Å². The first-order valence-electron chi connectivity index (χ1n) is 7.89. The number of rotatable bonds is 0. The number of hydrogen-bond donors (Lipinski definition) is 0. The molecule has 5 rings (SSSR count). The van der Waals surface area contributed by atoms with E-state index in [4.69, 9.17) is 0 Å².